The second kappa shape index (κ2) is 4.33. The summed E-state index contributed by atoms with van der Waals surface area (Å²) in [6.07, 6.45) is 0. The number of hydrogen-bond acceptors (Lipinski definition) is 5. The van der Waals surface area contributed by atoms with Gasteiger partial charge in [0.25, 0.3) is 5.69 Å². The number of nitriles is 1. The summed E-state index contributed by atoms with van der Waals surface area (Å²) < 4.78 is 5.32. The molecule has 92 valence electrons. The third kappa shape index (κ3) is 1.84. The van der Waals surface area contributed by atoms with Gasteiger partial charge in [-0.25, -0.2) is 0 Å². The van der Waals surface area contributed by atoms with Gasteiger partial charge in [0, 0.05) is 19.1 Å². The molecule has 2 rings (SSSR count). The summed E-state index contributed by atoms with van der Waals surface area (Å²) in [7, 11) is 0. The lowest BCUT2D eigenvalue weighted by molar-refractivity contribution is -0.384. The molecule has 7 nitrogen and oxygen atoms in total. The molecular formula is C11H9N3O4. The van der Waals surface area contributed by atoms with E-state index in [4.69, 9.17) is 10.00 Å². The number of rotatable bonds is 1. The van der Waals surface area contributed by atoms with Crippen LogP contribution < -0.4 is 9.64 Å². The van der Waals surface area contributed by atoms with Crippen LogP contribution in [0.25, 0.3) is 0 Å². The van der Waals surface area contributed by atoms with Gasteiger partial charge in [-0.2, -0.15) is 5.26 Å². The summed E-state index contributed by atoms with van der Waals surface area (Å²) in [5, 5.41) is 19.8. The Morgan fingerprint density at radius 1 is 1.61 bits per heavy atom. The fourth-order valence-electron chi connectivity index (χ4n) is 1.83. The Morgan fingerprint density at radius 2 is 2.33 bits per heavy atom. The lowest BCUT2D eigenvalue weighted by Crippen LogP contribution is -2.36. The van der Waals surface area contributed by atoms with Crippen LogP contribution in [-0.2, 0) is 4.79 Å². The molecule has 1 aromatic carbocycles. The van der Waals surface area contributed by atoms with Crippen LogP contribution in [0.2, 0.25) is 0 Å². The van der Waals surface area contributed by atoms with Crippen molar-refractivity contribution >= 4 is 17.3 Å². The maximum Gasteiger partial charge on any atom is 0.273 e. The third-order valence-electron chi connectivity index (χ3n) is 2.62. The molecule has 0 fully saturated rings. The minimum absolute atomic E-state index is 0.0603. The highest BCUT2D eigenvalue weighted by Crippen LogP contribution is 2.38. The molecule has 0 unspecified atom stereocenters. The maximum atomic E-state index is 11.5. The first-order chi connectivity index (χ1) is 8.54. The molecule has 1 aliphatic rings. The maximum absolute atomic E-state index is 11.5. The van der Waals surface area contributed by atoms with Gasteiger partial charge in [0.1, 0.15) is 18.2 Å². The monoisotopic (exact) mass is 247 g/mol. The van der Waals surface area contributed by atoms with E-state index >= 15 is 0 Å². The summed E-state index contributed by atoms with van der Waals surface area (Å²) >= 11 is 0. The molecule has 0 N–H and O–H groups in total. The van der Waals surface area contributed by atoms with E-state index in [9.17, 15) is 14.9 Å². The summed E-state index contributed by atoms with van der Waals surface area (Å²) in [5.74, 6) is -0.0199. The second-order valence-electron chi connectivity index (χ2n) is 3.73. The predicted octanol–water partition coefficient (Wildman–Crippen LogP) is 1.21. The smallest absolute Gasteiger partial charge is 0.273 e. The highest BCUT2D eigenvalue weighted by Gasteiger charge is 2.27. The zero-order valence-electron chi connectivity index (χ0n) is 9.54. The Bertz CT molecular complexity index is 576. The Labute approximate surface area is 102 Å². The third-order valence-corrected chi connectivity index (χ3v) is 2.62. The van der Waals surface area contributed by atoms with Crippen molar-refractivity contribution in [1.29, 1.82) is 5.26 Å². The molecule has 1 heterocycles. The highest BCUT2D eigenvalue weighted by molar-refractivity contribution is 5.94. The molecule has 1 aliphatic heterocycles. The molecule has 18 heavy (non-hydrogen) atoms. The molecule has 7 heteroatoms. The van der Waals surface area contributed by atoms with Gasteiger partial charge in [-0.1, -0.05) is 0 Å². The number of fused-ring (bicyclic) bond motifs is 1. The van der Waals surface area contributed by atoms with Gasteiger partial charge in [0.2, 0.25) is 5.91 Å². The van der Waals surface area contributed by atoms with Gasteiger partial charge >= 0.3 is 0 Å². The zero-order chi connectivity index (χ0) is 13.3. The molecule has 1 amide bonds. The van der Waals surface area contributed by atoms with Crippen LogP contribution in [0, 0.1) is 21.4 Å². The topological polar surface area (TPSA) is 96.5 Å². The number of benzene rings is 1. The fraction of sp³-hybridized carbons (Fsp3) is 0.273. The largest absolute Gasteiger partial charge is 0.488 e. The van der Waals surface area contributed by atoms with Crippen molar-refractivity contribution in [1.82, 2.24) is 0 Å². The number of ether oxygens (including phenoxy) is 1. The van der Waals surface area contributed by atoms with Crippen molar-refractivity contribution in [2.45, 2.75) is 6.92 Å². The summed E-state index contributed by atoms with van der Waals surface area (Å²) in [5.41, 5.74) is 0.103. The molecule has 1 aromatic rings. The standard InChI is InChI=1S/C11H9N3O4/c1-7(15)13-2-3-18-11-8(6-12)4-9(14(16)17)5-10(11)13/h4-5H,2-3H2,1H3. The Morgan fingerprint density at radius 3 is 2.89 bits per heavy atom. The van der Waals surface area contributed by atoms with E-state index in [0.717, 1.165) is 6.07 Å². The number of nitro benzene ring substituents is 1. The molecule has 0 saturated carbocycles. The van der Waals surface area contributed by atoms with Gasteiger partial charge in [0.15, 0.2) is 5.75 Å². The Kier molecular flexibility index (Phi) is 2.85. The fourth-order valence-corrected chi connectivity index (χ4v) is 1.83. The quantitative estimate of drug-likeness (QED) is 0.549. The molecule has 0 bridgehead atoms. The van der Waals surface area contributed by atoms with Gasteiger partial charge < -0.3 is 9.64 Å². The van der Waals surface area contributed by atoms with E-state index < -0.39 is 4.92 Å². The first kappa shape index (κ1) is 11.9. The van der Waals surface area contributed by atoms with Gasteiger partial charge in [-0.3, -0.25) is 14.9 Å². The molecule has 0 radical (unpaired) electrons. The van der Waals surface area contributed by atoms with E-state index in [2.05, 4.69) is 0 Å². The number of hydrogen-bond donors (Lipinski definition) is 0. The van der Waals surface area contributed by atoms with Crippen LogP contribution in [0.1, 0.15) is 12.5 Å². The predicted molar refractivity (Wildman–Crippen MR) is 61.3 cm³/mol. The first-order valence-electron chi connectivity index (χ1n) is 5.18. The SMILES string of the molecule is CC(=O)N1CCOc2c(C#N)cc([N+](=O)[O-])cc21. The van der Waals surface area contributed by atoms with Crippen LogP contribution in [0.5, 0.6) is 5.75 Å². The van der Waals surface area contributed by atoms with E-state index in [1.165, 1.54) is 17.9 Å². The average molecular weight is 247 g/mol. The number of amides is 1. The van der Waals surface area contributed by atoms with Crippen LogP contribution in [0.4, 0.5) is 11.4 Å². The van der Waals surface area contributed by atoms with Gasteiger partial charge in [-0.05, 0) is 0 Å². The van der Waals surface area contributed by atoms with Crippen molar-refractivity contribution < 1.29 is 14.5 Å². The van der Waals surface area contributed by atoms with Crippen LogP contribution in [-0.4, -0.2) is 24.0 Å². The second-order valence-corrected chi connectivity index (χ2v) is 3.73. The number of nitro groups is 1. The van der Waals surface area contributed by atoms with E-state index in [-0.39, 0.29) is 35.2 Å². The summed E-state index contributed by atoms with van der Waals surface area (Å²) in [4.78, 5) is 23.0. The van der Waals surface area contributed by atoms with Crippen molar-refractivity contribution in [2.24, 2.45) is 0 Å². The highest BCUT2D eigenvalue weighted by atomic mass is 16.6. The molecule has 0 atom stereocenters. The van der Waals surface area contributed by atoms with Crippen molar-refractivity contribution in [3.05, 3.63) is 27.8 Å². The van der Waals surface area contributed by atoms with Gasteiger partial charge in [-0.15, -0.1) is 0 Å². The van der Waals surface area contributed by atoms with Crippen LogP contribution >= 0.6 is 0 Å². The molecule has 0 saturated heterocycles. The lowest BCUT2D eigenvalue weighted by atomic mass is 10.1. The van der Waals surface area contributed by atoms with Crippen molar-refractivity contribution in [3.8, 4) is 11.8 Å². The van der Waals surface area contributed by atoms with Gasteiger partial charge in [0.05, 0.1) is 17.2 Å². The van der Waals surface area contributed by atoms with Crippen LogP contribution in [0.15, 0.2) is 12.1 Å². The molecule has 0 aliphatic carbocycles. The zero-order valence-corrected chi connectivity index (χ0v) is 9.54. The Balaban J connectivity index is 2.66. The lowest BCUT2D eigenvalue weighted by Gasteiger charge is -2.28. The van der Waals surface area contributed by atoms with E-state index in [0.29, 0.717) is 6.54 Å². The summed E-state index contributed by atoms with van der Waals surface area (Å²) in [6, 6.07) is 4.23. The van der Waals surface area contributed by atoms with E-state index in [1.54, 1.807) is 0 Å². The minimum atomic E-state index is -0.603. The molecule has 0 spiro atoms. The van der Waals surface area contributed by atoms with Crippen molar-refractivity contribution in [2.75, 3.05) is 18.1 Å². The first-order valence-corrected chi connectivity index (χ1v) is 5.18. The number of anilines is 1. The van der Waals surface area contributed by atoms with Crippen molar-refractivity contribution in [3.63, 3.8) is 0 Å². The number of non-ortho nitro benzene ring substituents is 1. The van der Waals surface area contributed by atoms with E-state index in [1.807, 2.05) is 6.07 Å². The number of carbonyl (C=O) groups is 1. The summed E-state index contributed by atoms with van der Waals surface area (Å²) in [6.45, 7) is 1.94. The normalized spacial score (nSPS) is 13.2. The molecule has 0 aromatic heterocycles. The average Bonchev–Trinajstić information content (AvgIpc) is 2.36. The minimum Gasteiger partial charge on any atom is -0.488 e. The number of nitrogens with zero attached hydrogens (tertiary/aromatic N) is 3. The van der Waals surface area contributed by atoms with Crippen LogP contribution in [0.3, 0.4) is 0 Å². The number of carbonyl (C=O) groups excluding carboxylic acids is 1. The molecular weight excluding hydrogens is 238 g/mol. The Hall–Kier alpha value is -2.62.